The summed E-state index contributed by atoms with van der Waals surface area (Å²) in [6.07, 6.45) is 0. The minimum absolute atomic E-state index is 0.654. The fraction of sp³-hybridized carbons (Fsp3) is 0.562. The summed E-state index contributed by atoms with van der Waals surface area (Å²) in [7, 11) is 0. The van der Waals surface area contributed by atoms with E-state index in [1.807, 2.05) is 0 Å². The Kier molecular flexibility index (Phi) is 4.69. The molecule has 2 saturated heterocycles. The Morgan fingerprint density at radius 3 is 2.76 bits per heavy atom. The highest BCUT2D eigenvalue weighted by atomic mass is 32.2. The topological polar surface area (TPSA) is 42.3 Å². The van der Waals surface area contributed by atoms with E-state index in [-0.39, 0.29) is 0 Å². The zero-order valence-electron chi connectivity index (χ0n) is 12.5. The van der Waals surface area contributed by atoms with Crippen LogP contribution >= 0.6 is 11.8 Å². The number of anilines is 1. The van der Waals surface area contributed by atoms with Gasteiger partial charge in [0.05, 0.1) is 11.3 Å². The molecule has 5 heteroatoms. The van der Waals surface area contributed by atoms with E-state index in [1.165, 1.54) is 0 Å². The van der Waals surface area contributed by atoms with Crippen LogP contribution in [0.3, 0.4) is 0 Å². The summed E-state index contributed by atoms with van der Waals surface area (Å²) in [5, 5.41) is 12.9. The van der Waals surface area contributed by atoms with Gasteiger partial charge < -0.3 is 10.2 Å². The lowest BCUT2D eigenvalue weighted by Crippen LogP contribution is -2.63. The van der Waals surface area contributed by atoms with Gasteiger partial charge >= 0.3 is 0 Å². The van der Waals surface area contributed by atoms with Crippen molar-refractivity contribution in [1.82, 2.24) is 10.2 Å². The van der Waals surface area contributed by atoms with Gasteiger partial charge in [0.2, 0.25) is 0 Å². The lowest BCUT2D eigenvalue weighted by Gasteiger charge is -2.48. The summed E-state index contributed by atoms with van der Waals surface area (Å²) < 4.78 is 0. The number of nitrogens with zero attached hydrogens (tertiary/aromatic N) is 3. The molecule has 1 N–H and O–H groups in total. The van der Waals surface area contributed by atoms with E-state index >= 15 is 0 Å². The highest BCUT2D eigenvalue weighted by Gasteiger charge is 2.33. The van der Waals surface area contributed by atoms with Gasteiger partial charge in [-0.05, 0) is 17.9 Å². The molecule has 0 radical (unpaired) electrons. The minimum Gasteiger partial charge on any atom is -0.367 e. The highest BCUT2D eigenvalue weighted by Crippen LogP contribution is 2.33. The van der Waals surface area contributed by atoms with Gasteiger partial charge in [-0.1, -0.05) is 13.0 Å². The third-order valence-electron chi connectivity index (χ3n) is 4.29. The lowest BCUT2D eigenvalue weighted by molar-refractivity contribution is 0.147. The third kappa shape index (κ3) is 3.03. The number of piperazine rings is 1. The van der Waals surface area contributed by atoms with Crippen molar-refractivity contribution >= 4 is 17.4 Å². The van der Waals surface area contributed by atoms with Gasteiger partial charge in [0, 0.05) is 50.2 Å². The number of rotatable bonds is 4. The molecule has 0 aliphatic carbocycles. The second-order valence-corrected chi connectivity index (χ2v) is 6.85. The molecule has 0 unspecified atom stereocenters. The van der Waals surface area contributed by atoms with E-state index in [4.69, 9.17) is 0 Å². The summed E-state index contributed by atoms with van der Waals surface area (Å²) >= 11 is 1.75. The largest absolute Gasteiger partial charge is 0.367 e. The number of thioether (sulfide) groups is 1. The first kappa shape index (κ1) is 14.7. The Balaban J connectivity index is 1.69. The second kappa shape index (κ2) is 6.69. The molecular weight excluding hydrogens is 280 g/mol. The first-order valence-corrected chi connectivity index (χ1v) is 8.67. The molecule has 2 aliphatic heterocycles. The summed E-state index contributed by atoms with van der Waals surface area (Å²) in [6, 6.07) is 9.28. The van der Waals surface area contributed by atoms with Crippen LogP contribution < -0.4 is 10.2 Å². The first-order chi connectivity index (χ1) is 10.3. The average Bonchev–Trinajstić information content (AvgIpc) is 2.47. The monoisotopic (exact) mass is 302 g/mol. The number of benzene rings is 1. The van der Waals surface area contributed by atoms with Crippen LogP contribution in [0, 0.1) is 11.3 Å². The maximum atomic E-state index is 9.50. The molecule has 3 rings (SSSR count). The number of nitrogens with one attached hydrogen (secondary N) is 1. The van der Waals surface area contributed by atoms with Crippen LogP contribution in [0.4, 0.5) is 5.69 Å². The van der Waals surface area contributed by atoms with Crippen molar-refractivity contribution in [2.45, 2.75) is 17.9 Å². The van der Waals surface area contributed by atoms with E-state index in [9.17, 15) is 5.26 Å². The van der Waals surface area contributed by atoms with Crippen LogP contribution in [0.25, 0.3) is 0 Å². The Bertz CT molecular complexity index is 528. The first-order valence-electron chi connectivity index (χ1n) is 7.69. The zero-order chi connectivity index (χ0) is 14.7. The summed E-state index contributed by atoms with van der Waals surface area (Å²) in [5.74, 6) is 1.00. The SMILES string of the molecule is CCSc1cccc(N2CC(N3CCNCC3)C2)c1C#N. The Morgan fingerprint density at radius 2 is 2.10 bits per heavy atom. The van der Waals surface area contributed by atoms with Crippen LogP contribution in [0.15, 0.2) is 23.1 Å². The molecule has 0 spiro atoms. The van der Waals surface area contributed by atoms with Crippen LogP contribution in [0.5, 0.6) is 0 Å². The van der Waals surface area contributed by atoms with Crippen LogP contribution in [-0.2, 0) is 0 Å². The smallest absolute Gasteiger partial charge is 0.103 e. The maximum Gasteiger partial charge on any atom is 0.103 e. The van der Waals surface area contributed by atoms with E-state index in [2.05, 4.69) is 46.3 Å². The quantitative estimate of drug-likeness (QED) is 0.859. The fourth-order valence-corrected chi connectivity index (χ4v) is 3.88. The molecule has 112 valence electrons. The van der Waals surface area contributed by atoms with Crippen LogP contribution in [-0.4, -0.2) is 56.0 Å². The minimum atomic E-state index is 0.654. The molecule has 1 aromatic carbocycles. The highest BCUT2D eigenvalue weighted by molar-refractivity contribution is 7.99. The molecule has 2 fully saturated rings. The van der Waals surface area contributed by atoms with Gasteiger partial charge in [-0.25, -0.2) is 0 Å². The van der Waals surface area contributed by atoms with Crippen LogP contribution in [0.2, 0.25) is 0 Å². The molecule has 1 aromatic rings. The summed E-state index contributed by atoms with van der Waals surface area (Å²) in [5.41, 5.74) is 1.96. The molecule has 4 nitrogen and oxygen atoms in total. The van der Waals surface area contributed by atoms with Crippen molar-refractivity contribution < 1.29 is 0 Å². The summed E-state index contributed by atoms with van der Waals surface area (Å²) in [6.45, 7) is 8.72. The Labute approximate surface area is 131 Å². The van der Waals surface area contributed by atoms with Crippen molar-refractivity contribution in [1.29, 1.82) is 5.26 Å². The van der Waals surface area contributed by atoms with Crippen LogP contribution in [0.1, 0.15) is 12.5 Å². The molecule has 0 amide bonds. The average molecular weight is 302 g/mol. The summed E-state index contributed by atoms with van der Waals surface area (Å²) in [4.78, 5) is 6.04. The Morgan fingerprint density at radius 1 is 1.33 bits per heavy atom. The predicted octanol–water partition coefficient (Wildman–Crippen LogP) is 1.76. The molecule has 0 saturated carbocycles. The molecule has 0 aromatic heterocycles. The molecular formula is C16H22N4S. The number of nitriles is 1. The van der Waals surface area contributed by atoms with Gasteiger partial charge in [0.1, 0.15) is 6.07 Å². The normalized spacial score (nSPS) is 20.1. The molecule has 0 atom stereocenters. The number of hydrogen-bond acceptors (Lipinski definition) is 5. The molecule has 2 aliphatic rings. The van der Waals surface area contributed by atoms with Gasteiger partial charge in [-0.15, -0.1) is 11.8 Å². The molecule has 0 bridgehead atoms. The van der Waals surface area contributed by atoms with E-state index in [0.717, 1.165) is 61.2 Å². The van der Waals surface area contributed by atoms with Crippen molar-refractivity contribution in [3.63, 3.8) is 0 Å². The molecule has 2 heterocycles. The van der Waals surface area contributed by atoms with Crippen molar-refractivity contribution in [2.24, 2.45) is 0 Å². The van der Waals surface area contributed by atoms with Crippen molar-refractivity contribution in [3.05, 3.63) is 23.8 Å². The Hall–Kier alpha value is -1.22. The van der Waals surface area contributed by atoms with Gasteiger partial charge in [-0.3, -0.25) is 4.90 Å². The van der Waals surface area contributed by atoms with Gasteiger partial charge in [0.15, 0.2) is 0 Å². The van der Waals surface area contributed by atoms with Crippen molar-refractivity contribution in [2.75, 3.05) is 49.9 Å². The zero-order valence-corrected chi connectivity index (χ0v) is 13.3. The number of hydrogen-bond donors (Lipinski definition) is 1. The third-order valence-corrected chi connectivity index (χ3v) is 5.23. The maximum absolute atomic E-state index is 9.50. The molecule has 21 heavy (non-hydrogen) atoms. The predicted molar refractivity (Wildman–Crippen MR) is 88.0 cm³/mol. The second-order valence-electron chi connectivity index (χ2n) is 5.54. The van der Waals surface area contributed by atoms with Crippen molar-refractivity contribution in [3.8, 4) is 6.07 Å². The van der Waals surface area contributed by atoms with E-state index < -0.39 is 0 Å². The van der Waals surface area contributed by atoms with E-state index in [1.54, 1.807) is 11.8 Å². The fourth-order valence-electron chi connectivity index (χ4n) is 3.10. The van der Waals surface area contributed by atoms with E-state index in [0.29, 0.717) is 6.04 Å². The van der Waals surface area contributed by atoms with Gasteiger partial charge in [0.25, 0.3) is 0 Å². The van der Waals surface area contributed by atoms with Gasteiger partial charge in [-0.2, -0.15) is 5.26 Å². The standard InChI is InChI=1S/C16H22N4S/c1-2-21-16-5-3-4-15(14(16)10-17)20-11-13(12-20)19-8-6-18-7-9-19/h3-5,13,18H,2,6-9,11-12H2,1H3. The lowest BCUT2D eigenvalue weighted by atomic mass is 10.0.